The highest BCUT2D eigenvalue weighted by atomic mass is 16.3. The fraction of sp³-hybridized carbons (Fsp3) is 0.333. The Bertz CT molecular complexity index is 1340. The van der Waals surface area contributed by atoms with Crippen LogP contribution in [0.15, 0.2) is 52.1 Å². The first-order chi connectivity index (χ1) is 14.8. The van der Waals surface area contributed by atoms with Crippen LogP contribution in [0.4, 0.5) is 0 Å². The average molecular weight is 418 g/mol. The second-order valence-corrected chi connectivity index (χ2v) is 8.26. The van der Waals surface area contributed by atoms with E-state index in [4.69, 9.17) is 9.40 Å². The van der Waals surface area contributed by atoms with E-state index in [2.05, 4.69) is 10.1 Å². The molecule has 7 heteroatoms. The summed E-state index contributed by atoms with van der Waals surface area (Å²) in [6.45, 7) is 11.9. The molecule has 0 aliphatic carbocycles. The summed E-state index contributed by atoms with van der Waals surface area (Å²) < 4.78 is 9.14. The molecule has 0 aromatic carbocycles. The van der Waals surface area contributed by atoms with E-state index in [1.165, 1.54) is 0 Å². The van der Waals surface area contributed by atoms with E-state index >= 15 is 0 Å². The predicted octanol–water partition coefficient (Wildman–Crippen LogP) is 4.69. The Morgan fingerprint density at radius 2 is 1.90 bits per heavy atom. The van der Waals surface area contributed by atoms with Gasteiger partial charge in [-0.2, -0.15) is 5.10 Å². The molecular formula is C24H27N5O2. The van der Waals surface area contributed by atoms with Crippen LogP contribution in [0.1, 0.15) is 55.6 Å². The van der Waals surface area contributed by atoms with E-state index in [0.29, 0.717) is 27.8 Å². The van der Waals surface area contributed by atoms with Gasteiger partial charge >= 0.3 is 0 Å². The van der Waals surface area contributed by atoms with Crippen LogP contribution in [-0.2, 0) is 0 Å². The monoisotopic (exact) mass is 417 g/mol. The zero-order valence-corrected chi connectivity index (χ0v) is 18.7. The average Bonchev–Trinajstić information content (AvgIpc) is 3.29. The fourth-order valence-electron chi connectivity index (χ4n) is 3.70. The third-order valence-corrected chi connectivity index (χ3v) is 5.05. The number of aryl methyl sites for hydroxylation is 2. The van der Waals surface area contributed by atoms with Crippen LogP contribution in [-0.4, -0.2) is 31.3 Å². The summed E-state index contributed by atoms with van der Waals surface area (Å²) in [6, 6.07) is 9.50. The summed E-state index contributed by atoms with van der Waals surface area (Å²) in [5, 5.41) is 5.23. The maximum Gasteiger partial charge on any atom is 0.264 e. The van der Waals surface area contributed by atoms with Crippen molar-refractivity contribution in [2.45, 2.75) is 53.6 Å². The summed E-state index contributed by atoms with van der Waals surface area (Å²) in [5.41, 5.74) is 3.37. The number of hydrogen-bond donors (Lipinski definition) is 0. The van der Waals surface area contributed by atoms with Crippen LogP contribution in [0.5, 0.6) is 0 Å². The molecule has 4 aromatic rings. The number of pyridine rings is 2. The molecule has 0 amide bonds. The minimum Gasteiger partial charge on any atom is -0.466 e. The van der Waals surface area contributed by atoms with Crippen LogP contribution in [0.3, 0.4) is 0 Å². The van der Waals surface area contributed by atoms with Gasteiger partial charge in [0, 0.05) is 23.8 Å². The lowest BCUT2D eigenvalue weighted by atomic mass is 10.1. The van der Waals surface area contributed by atoms with E-state index < -0.39 is 0 Å². The van der Waals surface area contributed by atoms with Crippen LogP contribution < -0.4 is 5.49 Å². The van der Waals surface area contributed by atoms with E-state index in [1.807, 2.05) is 76.6 Å². The second-order valence-electron chi connectivity index (χ2n) is 8.26. The highest BCUT2D eigenvalue weighted by Crippen LogP contribution is 2.30. The third-order valence-electron chi connectivity index (χ3n) is 5.05. The van der Waals surface area contributed by atoms with Crippen LogP contribution in [0.2, 0.25) is 0 Å². The zero-order valence-electron chi connectivity index (χ0n) is 18.7. The van der Waals surface area contributed by atoms with Gasteiger partial charge in [0.15, 0.2) is 5.65 Å². The Hall–Kier alpha value is -3.48. The van der Waals surface area contributed by atoms with Gasteiger partial charge in [-0.15, -0.1) is 0 Å². The van der Waals surface area contributed by atoms with Crippen molar-refractivity contribution >= 4 is 16.9 Å². The van der Waals surface area contributed by atoms with Gasteiger partial charge in [0.1, 0.15) is 17.0 Å². The van der Waals surface area contributed by atoms with Crippen molar-refractivity contribution in [2.75, 3.05) is 0 Å². The number of nitrogens with zero attached hydrogens (tertiary/aromatic N) is 5. The highest BCUT2D eigenvalue weighted by Gasteiger charge is 2.21. The molecule has 31 heavy (non-hydrogen) atoms. The molecule has 0 fully saturated rings. The highest BCUT2D eigenvalue weighted by molar-refractivity contribution is 6.07. The number of aromatic nitrogens is 4. The first-order valence-electron chi connectivity index (χ1n) is 10.5. The predicted molar refractivity (Wildman–Crippen MR) is 120 cm³/mol. The lowest BCUT2D eigenvalue weighted by Crippen LogP contribution is -2.28. The molecule has 0 atom stereocenters. The zero-order chi connectivity index (χ0) is 22.3. The molecule has 0 unspecified atom stereocenters. The molecule has 0 bridgehead atoms. The van der Waals surface area contributed by atoms with Gasteiger partial charge in [0.2, 0.25) is 0 Å². The van der Waals surface area contributed by atoms with Gasteiger partial charge in [-0.25, -0.2) is 9.67 Å². The first kappa shape index (κ1) is 20.8. The summed E-state index contributed by atoms with van der Waals surface area (Å²) in [4.78, 5) is 23.2. The molecule has 0 aliphatic heterocycles. The Labute approximate surface area is 181 Å². The number of hydrogen-bond acceptors (Lipinski definition) is 5. The molecule has 0 aliphatic rings. The summed E-state index contributed by atoms with van der Waals surface area (Å²) in [7, 11) is 0. The van der Waals surface area contributed by atoms with Crippen molar-refractivity contribution in [2.24, 2.45) is 4.99 Å². The van der Waals surface area contributed by atoms with Crippen molar-refractivity contribution in [1.82, 2.24) is 19.3 Å². The summed E-state index contributed by atoms with van der Waals surface area (Å²) >= 11 is 0. The van der Waals surface area contributed by atoms with Gasteiger partial charge in [-0.3, -0.25) is 14.4 Å². The van der Waals surface area contributed by atoms with Crippen molar-refractivity contribution < 1.29 is 9.21 Å². The number of carbonyl (C=O) groups is 1. The molecule has 0 radical (unpaired) electrons. The molecule has 4 aromatic heterocycles. The minimum absolute atomic E-state index is 0.0646. The van der Waals surface area contributed by atoms with Gasteiger partial charge in [0.05, 0.1) is 22.8 Å². The third kappa shape index (κ3) is 3.83. The van der Waals surface area contributed by atoms with Gasteiger partial charge in [-0.1, -0.05) is 6.07 Å². The van der Waals surface area contributed by atoms with Crippen LogP contribution in [0, 0.1) is 13.8 Å². The second kappa shape index (κ2) is 7.98. The molecule has 0 saturated carbocycles. The Balaban J connectivity index is 2.00. The Morgan fingerprint density at radius 3 is 2.55 bits per heavy atom. The van der Waals surface area contributed by atoms with Crippen LogP contribution >= 0.6 is 0 Å². The molecule has 0 spiro atoms. The lowest BCUT2D eigenvalue weighted by molar-refractivity contribution is 0.0956. The molecule has 4 rings (SSSR count). The van der Waals surface area contributed by atoms with Crippen molar-refractivity contribution in [3.63, 3.8) is 0 Å². The van der Waals surface area contributed by atoms with Gasteiger partial charge in [0.25, 0.3) is 5.91 Å². The van der Waals surface area contributed by atoms with Crippen LogP contribution in [0.25, 0.3) is 22.3 Å². The summed E-state index contributed by atoms with van der Waals surface area (Å²) in [5.74, 6) is 1.39. The molecule has 160 valence electrons. The Kier molecular flexibility index (Phi) is 5.35. The van der Waals surface area contributed by atoms with Gasteiger partial charge < -0.3 is 4.42 Å². The largest absolute Gasteiger partial charge is 0.466 e. The summed E-state index contributed by atoms with van der Waals surface area (Å²) in [6.07, 6.45) is 3.46. The molecular weight excluding hydrogens is 390 g/mol. The fourth-order valence-corrected chi connectivity index (χ4v) is 3.70. The van der Waals surface area contributed by atoms with E-state index in [0.717, 1.165) is 17.1 Å². The normalized spacial score (nSPS) is 12.5. The lowest BCUT2D eigenvalue weighted by Gasteiger charge is -2.11. The minimum atomic E-state index is -0.171. The molecule has 4 heterocycles. The quantitative estimate of drug-likeness (QED) is 0.483. The maximum absolute atomic E-state index is 13.7. The van der Waals surface area contributed by atoms with E-state index in [1.54, 1.807) is 17.0 Å². The number of furan rings is 1. The molecule has 0 saturated heterocycles. The topological polar surface area (TPSA) is 78.2 Å². The standard InChI is InChI=1S/C24H27N5O2/c1-14(2)26-22-9-7-8-10-28(22)24(30)19-12-21(18-11-16(5)31-17(18)6)27-23-20(19)13-25-29(23)15(3)4/h7-15H,1-6H3. The van der Waals surface area contributed by atoms with Gasteiger partial charge in [-0.05, 0) is 65.8 Å². The van der Waals surface area contributed by atoms with E-state index in [9.17, 15) is 4.79 Å². The van der Waals surface area contributed by atoms with Crippen molar-refractivity contribution in [3.05, 3.63) is 65.3 Å². The molecule has 7 nitrogen and oxygen atoms in total. The molecule has 0 N–H and O–H groups in total. The number of rotatable bonds is 4. The number of carbonyl (C=O) groups excluding carboxylic acids is 1. The Morgan fingerprint density at radius 1 is 1.13 bits per heavy atom. The smallest absolute Gasteiger partial charge is 0.264 e. The van der Waals surface area contributed by atoms with Crippen molar-refractivity contribution in [3.8, 4) is 11.3 Å². The SMILES string of the molecule is Cc1cc(-c2cc(C(=O)n3ccccc3=NC(C)C)c3cnn(C(C)C)c3n2)c(C)o1. The van der Waals surface area contributed by atoms with Crippen molar-refractivity contribution in [1.29, 1.82) is 0 Å². The number of fused-ring (bicyclic) bond motifs is 1. The first-order valence-corrected chi connectivity index (χ1v) is 10.5. The van der Waals surface area contributed by atoms with E-state index in [-0.39, 0.29) is 18.0 Å². The maximum atomic E-state index is 13.7.